The van der Waals surface area contributed by atoms with E-state index in [1.54, 1.807) is 24.4 Å². The van der Waals surface area contributed by atoms with Gasteiger partial charge in [-0.2, -0.15) is 0 Å². The first kappa shape index (κ1) is 12.0. The Kier molecular flexibility index (Phi) is 3.52. The molecule has 1 aromatic carbocycles. The SMILES string of the molecule is Cc1ccc(CNc2ccccc2[N+](=O)[O-])cn1. The van der Waals surface area contributed by atoms with E-state index in [4.69, 9.17) is 0 Å². The van der Waals surface area contributed by atoms with Crippen LogP contribution in [-0.2, 0) is 6.54 Å². The minimum absolute atomic E-state index is 0.0811. The van der Waals surface area contributed by atoms with Crippen molar-refractivity contribution in [2.75, 3.05) is 5.32 Å². The zero-order chi connectivity index (χ0) is 13.0. The van der Waals surface area contributed by atoms with Gasteiger partial charge in [-0.25, -0.2) is 0 Å². The van der Waals surface area contributed by atoms with E-state index >= 15 is 0 Å². The summed E-state index contributed by atoms with van der Waals surface area (Å²) in [6, 6.07) is 10.5. The summed E-state index contributed by atoms with van der Waals surface area (Å²) in [6.07, 6.45) is 1.76. The van der Waals surface area contributed by atoms with E-state index in [0.29, 0.717) is 12.2 Å². The maximum atomic E-state index is 10.8. The van der Waals surface area contributed by atoms with Crippen molar-refractivity contribution in [3.05, 3.63) is 64.0 Å². The molecule has 0 bridgehead atoms. The van der Waals surface area contributed by atoms with Crippen molar-refractivity contribution in [1.82, 2.24) is 4.98 Å². The van der Waals surface area contributed by atoms with Gasteiger partial charge in [-0.1, -0.05) is 18.2 Å². The van der Waals surface area contributed by atoms with Gasteiger partial charge in [0.1, 0.15) is 5.69 Å². The van der Waals surface area contributed by atoms with Gasteiger partial charge < -0.3 is 5.32 Å². The normalized spacial score (nSPS) is 10.1. The third-order valence-electron chi connectivity index (χ3n) is 2.56. The highest BCUT2D eigenvalue weighted by molar-refractivity contribution is 5.61. The van der Waals surface area contributed by atoms with E-state index < -0.39 is 4.92 Å². The van der Waals surface area contributed by atoms with Gasteiger partial charge in [-0.15, -0.1) is 0 Å². The van der Waals surface area contributed by atoms with Crippen LogP contribution < -0.4 is 5.32 Å². The van der Waals surface area contributed by atoms with Crippen molar-refractivity contribution >= 4 is 11.4 Å². The molecule has 2 rings (SSSR count). The van der Waals surface area contributed by atoms with Crippen LogP contribution in [-0.4, -0.2) is 9.91 Å². The second kappa shape index (κ2) is 5.27. The minimum Gasteiger partial charge on any atom is -0.375 e. The maximum absolute atomic E-state index is 10.8. The lowest BCUT2D eigenvalue weighted by atomic mass is 10.2. The van der Waals surface area contributed by atoms with Crippen LogP contribution in [0.15, 0.2) is 42.6 Å². The molecule has 0 amide bonds. The third-order valence-corrected chi connectivity index (χ3v) is 2.56. The Hall–Kier alpha value is -2.43. The largest absolute Gasteiger partial charge is 0.375 e. The lowest BCUT2D eigenvalue weighted by molar-refractivity contribution is -0.384. The van der Waals surface area contributed by atoms with Gasteiger partial charge in [-0.3, -0.25) is 15.1 Å². The van der Waals surface area contributed by atoms with Crippen LogP contribution in [0.3, 0.4) is 0 Å². The van der Waals surface area contributed by atoms with Crippen LogP contribution in [0.2, 0.25) is 0 Å². The predicted octanol–water partition coefficient (Wildman–Crippen LogP) is 2.91. The van der Waals surface area contributed by atoms with Crippen LogP contribution >= 0.6 is 0 Å². The monoisotopic (exact) mass is 243 g/mol. The van der Waals surface area contributed by atoms with Crippen LogP contribution in [0.5, 0.6) is 0 Å². The van der Waals surface area contributed by atoms with Gasteiger partial charge in [-0.05, 0) is 24.6 Å². The summed E-state index contributed by atoms with van der Waals surface area (Å²) in [5.74, 6) is 0. The molecule has 1 aromatic heterocycles. The fourth-order valence-electron chi connectivity index (χ4n) is 1.58. The molecule has 18 heavy (non-hydrogen) atoms. The third kappa shape index (κ3) is 2.82. The first-order valence-corrected chi connectivity index (χ1v) is 5.55. The zero-order valence-electron chi connectivity index (χ0n) is 9.96. The quantitative estimate of drug-likeness (QED) is 0.662. The summed E-state index contributed by atoms with van der Waals surface area (Å²) in [7, 11) is 0. The van der Waals surface area contributed by atoms with Crippen LogP contribution in [0, 0.1) is 17.0 Å². The number of nitro benzene ring substituents is 1. The van der Waals surface area contributed by atoms with E-state index in [9.17, 15) is 10.1 Å². The number of aryl methyl sites for hydroxylation is 1. The Labute approximate surface area is 105 Å². The Morgan fingerprint density at radius 2 is 2.06 bits per heavy atom. The molecule has 0 spiro atoms. The second-order valence-electron chi connectivity index (χ2n) is 3.94. The summed E-state index contributed by atoms with van der Waals surface area (Å²) in [6.45, 7) is 2.43. The van der Waals surface area contributed by atoms with Crippen molar-refractivity contribution in [3.63, 3.8) is 0 Å². The molecule has 0 radical (unpaired) electrons. The highest BCUT2D eigenvalue weighted by atomic mass is 16.6. The molecule has 0 saturated heterocycles. The number of anilines is 1. The van der Waals surface area contributed by atoms with Crippen LogP contribution in [0.4, 0.5) is 11.4 Å². The highest BCUT2D eigenvalue weighted by Gasteiger charge is 2.11. The van der Waals surface area contributed by atoms with Crippen LogP contribution in [0.1, 0.15) is 11.3 Å². The summed E-state index contributed by atoms with van der Waals surface area (Å²) in [5.41, 5.74) is 2.53. The molecule has 5 nitrogen and oxygen atoms in total. The zero-order valence-corrected chi connectivity index (χ0v) is 9.96. The molecular weight excluding hydrogens is 230 g/mol. The second-order valence-corrected chi connectivity index (χ2v) is 3.94. The minimum atomic E-state index is -0.393. The maximum Gasteiger partial charge on any atom is 0.292 e. The van der Waals surface area contributed by atoms with E-state index in [-0.39, 0.29) is 5.69 Å². The molecule has 1 N–H and O–H groups in total. The molecule has 0 fully saturated rings. The van der Waals surface area contributed by atoms with Gasteiger partial charge in [0.2, 0.25) is 0 Å². The Balaban J connectivity index is 2.10. The summed E-state index contributed by atoms with van der Waals surface area (Å²) in [5, 5.41) is 13.9. The van der Waals surface area contributed by atoms with Crippen molar-refractivity contribution in [2.45, 2.75) is 13.5 Å². The molecule has 0 aliphatic heterocycles. The van der Waals surface area contributed by atoms with Crippen molar-refractivity contribution in [3.8, 4) is 0 Å². The molecule has 0 unspecified atom stereocenters. The van der Waals surface area contributed by atoms with Gasteiger partial charge in [0.25, 0.3) is 5.69 Å². The van der Waals surface area contributed by atoms with Crippen molar-refractivity contribution in [1.29, 1.82) is 0 Å². The summed E-state index contributed by atoms with van der Waals surface area (Å²) >= 11 is 0. The molecular formula is C13H13N3O2. The predicted molar refractivity (Wildman–Crippen MR) is 69.4 cm³/mol. The van der Waals surface area contributed by atoms with E-state index in [1.165, 1.54) is 6.07 Å². The molecule has 92 valence electrons. The molecule has 0 atom stereocenters. The van der Waals surface area contributed by atoms with Crippen molar-refractivity contribution in [2.24, 2.45) is 0 Å². The lowest BCUT2D eigenvalue weighted by Gasteiger charge is -2.06. The number of hydrogen-bond donors (Lipinski definition) is 1. The topological polar surface area (TPSA) is 68.1 Å². The molecule has 0 aliphatic rings. The lowest BCUT2D eigenvalue weighted by Crippen LogP contribution is -2.02. The van der Waals surface area contributed by atoms with Gasteiger partial charge in [0.15, 0.2) is 0 Å². The molecule has 1 heterocycles. The number of rotatable bonds is 4. The van der Waals surface area contributed by atoms with Gasteiger partial charge >= 0.3 is 0 Å². The van der Waals surface area contributed by atoms with E-state index in [2.05, 4.69) is 10.3 Å². The number of nitrogens with one attached hydrogen (secondary N) is 1. The molecule has 0 saturated carbocycles. The van der Waals surface area contributed by atoms with Crippen molar-refractivity contribution < 1.29 is 4.92 Å². The molecule has 2 aromatic rings. The average molecular weight is 243 g/mol. The number of benzene rings is 1. The standard InChI is InChI=1S/C13H13N3O2/c1-10-6-7-11(8-14-10)9-15-12-4-2-3-5-13(12)16(17)18/h2-8,15H,9H2,1H3. The number of nitro groups is 1. The van der Waals surface area contributed by atoms with E-state index in [0.717, 1.165) is 11.3 Å². The summed E-state index contributed by atoms with van der Waals surface area (Å²) < 4.78 is 0. The number of aromatic nitrogens is 1. The molecule has 5 heteroatoms. The number of nitrogens with zero attached hydrogens (tertiary/aromatic N) is 2. The van der Waals surface area contributed by atoms with E-state index in [1.807, 2.05) is 19.1 Å². The Morgan fingerprint density at radius 3 is 2.72 bits per heavy atom. The van der Waals surface area contributed by atoms with Crippen LogP contribution in [0.25, 0.3) is 0 Å². The Morgan fingerprint density at radius 1 is 1.28 bits per heavy atom. The smallest absolute Gasteiger partial charge is 0.292 e. The number of pyridine rings is 1. The summed E-state index contributed by atoms with van der Waals surface area (Å²) in [4.78, 5) is 14.6. The first-order chi connectivity index (χ1) is 8.66. The highest BCUT2D eigenvalue weighted by Crippen LogP contribution is 2.23. The fraction of sp³-hybridized carbons (Fsp3) is 0.154. The number of hydrogen-bond acceptors (Lipinski definition) is 4. The average Bonchev–Trinajstić information content (AvgIpc) is 2.38. The number of para-hydroxylation sites is 2. The molecule has 0 aliphatic carbocycles. The first-order valence-electron chi connectivity index (χ1n) is 5.55. The van der Waals surface area contributed by atoms with Gasteiger partial charge in [0.05, 0.1) is 4.92 Å². The Bertz CT molecular complexity index is 552. The van der Waals surface area contributed by atoms with Gasteiger partial charge in [0, 0.05) is 24.5 Å². The fourth-order valence-corrected chi connectivity index (χ4v) is 1.58.